The number of hydrogen-bond acceptors (Lipinski definition) is 4. The van der Waals surface area contributed by atoms with E-state index in [4.69, 9.17) is 16.9 Å². The third kappa shape index (κ3) is 4.01. The number of nitrogens with zero attached hydrogens (tertiary/aromatic N) is 4. The lowest BCUT2D eigenvalue weighted by molar-refractivity contribution is 0.285. The second-order valence-electron chi connectivity index (χ2n) is 5.75. The number of nitriles is 1. The molecule has 0 bridgehead atoms. The second kappa shape index (κ2) is 7.45. The van der Waals surface area contributed by atoms with Crippen LogP contribution in [-0.2, 0) is 6.54 Å². The van der Waals surface area contributed by atoms with Crippen molar-refractivity contribution in [1.29, 1.82) is 5.26 Å². The fourth-order valence-electron chi connectivity index (χ4n) is 2.94. The molecule has 5 heteroatoms. The normalized spacial score (nSPS) is 15.9. The van der Waals surface area contributed by atoms with Crippen molar-refractivity contribution in [2.45, 2.75) is 13.0 Å². The van der Waals surface area contributed by atoms with Gasteiger partial charge >= 0.3 is 0 Å². The number of rotatable bonds is 3. The maximum absolute atomic E-state index is 8.87. The number of benzene rings is 1. The Balaban J connectivity index is 1.62. The molecular weight excluding hydrogens is 308 g/mol. The van der Waals surface area contributed by atoms with Crippen LogP contribution in [0, 0.1) is 11.3 Å². The van der Waals surface area contributed by atoms with Crippen LogP contribution in [0.25, 0.3) is 0 Å². The molecule has 1 aromatic heterocycles. The molecule has 3 rings (SSSR count). The molecule has 2 aromatic rings. The molecule has 1 aliphatic rings. The van der Waals surface area contributed by atoms with E-state index in [0.29, 0.717) is 10.6 Å². The first-order chi connectivity index (χ1) is 11.3. The van der Waals surface area contributed by atoms with Gasteiger partial charge in [0.05, 0.1) is 22.3 Å². The van der Waals surface area contributed by atoms with Gasteiger partial charge in [-0.3, -0.25) is 9.88 Å². The van der Waals surface area contributed by atoms with Crippen LogP contribution in [0.5, 0.6) is 0 Å². The Bertz CT molecular complexity index is 693. The molecule has 0 atom stereocenters. The van der Waals surface area contributed by atoms with Crippen molar-refractivity contribution in [2.24, 2.45) is 0 Å². The molecule has 0 spiro atoms. The molecule has 0 amide bonds. The van der Waals surface area contributed by atoms with Gasteiger partial charge in [0.1, 0.15) is 0 Å². The number of aromatic nitrogens is 1. The minimum atomic E-state index is 0.711. The minimum Gasteiger partial charge on any atom is -0.369 e. The van der Waals surface area contributed by atoms with Gasteiger partial charge in [-0.2, -0.15) is 5.26 Å². The van der Waals surface area contributed by atoms with Crippen LogP contribution in [0.1, 0.15) is 17.5 Å². The molecule has 1 aliphatic heterocycles. The fraction of sp³-hybridized carbons (Fsp3) is 0.333. The Labute approximate surface area is 141 Å². The molecule has 2 heterocycles. The fourth-order valence-corrected chi connectivity index (χ4v) is 3.18. The van der Waals surface area contributed by atoms with Gasteiger partial charge in [0.2, 0.25) is 0 Å². The minimum absolute atomic E-state index is 0.711. The van der Waals surface area contributed by atoms with Crippen molar-refractivity contribution in [3.05, 3.63) is 58.9 Å². The summed E-state index contributed by atoms with van der Waals surface area (Å²) in [6.45, 7) is 4.95. The average Bonchev–Trinajstić information content (AvgIpc) is 2.82. The highest BCUT2D eigenvalue weighted by molar-refractivity contribution is 6.33. The Kier molecular flexibility index (Phi) is 5.12. The lowest BCUT2D eigenvalue weighted by Crippen LogP contribution is -2.30. The standard InChI is InChI=1S/C18H19ClN4/c19-17-13-21-7-6-18(17)23-9-1-8-22(10-11-23)14-16-4-2-15(12-20)3-5-16/h2-7,13H,1,8-11,14H2. The summed E-state index contributed by atoms with van der Waals surface area (Å²) < 4.78 is 0. The van der Waals surface area contributed by atoms with E-state index >= 15 is 0 Å². The summed E-state index contributed by atoms with van der Waals surface area (Å²) in [6.07, 6.45) is 4.60. The van der Waals surface area contributed by atoms with Gasteiger partial charge in [-0.15, -0.1) is 0 Å². The SMILES string of the molecule is N#Cc1ccc(CN2CCCN(c3ccncc3Cl)CC2)cc1. The van der Waals surface area contributed by atoms with E-state index in [2.05, 4.69) is 20.9 Å². The van der Waals surface area contributed by atoms with E-state index in [1.165, 1.54) is 5.56 Å². The zero-order valence-electron chi connectivity index (χ0n) is 13.0. The molecule has 0 N–H and O–H groups in total. The van der Waals surface area contributed by atoms with E-state index < -0.39 is 0 Å². The van der Waals surface area contributed by atoms with E-state index in [-0.39, 0.29) is 0 Å². The van der Waals surface area contributed by atoms with Crippen molar-refractivity contribution in [1.82, 2.24) is 9.88 Å². The van der Waals surface area contributed by atoms with Gasteiger partial charge in [-0.25, -0.2) is 0 Å². The molecule has 1 fully saturated rings. The molecule has 118 valence electrons. The van der Waals surface area contributed by atoms with Gasteiger partial charge in [-0.1, -0.05) is 23.7 Å². The van der Waals surface area contributed by atoms with Gasteiger partial charge in [-0.05, 0) is 30.2 Å². The Morgan fingerprint density at radius 2 is 1.91 bits per heavy atom. The first-order valence-corrected chi connectivity index (χ1v) is 8.20. The summed E-state index contributed by atoms with van der Waals surface area (Å²) >= 11 is 6.26. The van der Waals surface area contributed by atoms with E-state index in [9.17, 15) is 0 Å². The molecule has 1 aromatic carbocycles. The highest BCUT2D eigenvalue weighted by Gasteiger charge is 2.17. The summed E-state index contributed by atoms with van der Waals surface area (Å²) in [6, 6.07) is 12.0. The molecule has 0 saturated carbocycles. The molecule has 0 aliphatic carbocycles. The van der Waals surface area contributed by atoms with Gasteiger partial charge in [0.25, 0.3) is 0 Å². The summed E-state index contributed by atoms with van der Waals surface area (Å²) in [7, 11) is 0. The third-order valence-electron chi connectivity index (χ3n) is 4.17. The maximum Gasteiger partial charge on any atom is 0.0991 e. The van der Waals surface area contributed by atoms with Crippen LogP contribution in [0.2, 0.25) is 5.02 Å². The first-order valence-electron chi connectivity index (χ1n) is 7.82. The largest absolute Gasteiger partial charge is 0.369 e. The Morgan fingerprint density at radius 1 is 1.09 bits per heavy atom. The summed E-state index contributed by atoms with van der Waals surface area (Å²) in [4.78, 5) is 8.85. The molecule has 23 heavy (non-hydrogen) atoms. The van der Waals surface area contributed by atoms with Crippen molar-refractivity contribution in [2.75, 3.05) is 31.1 Å². The van der Waals surface area contributed by atoms with Crippen LogP contribution in [0.15, 0.2) is 42.7 Å². The number of hydrogen-bond donors (Lipinski definition) is 0. The topological polar surface area (TPSA) is 43.2 Å². The average molecular weight is 327 g/mol. The number of anilines is 1. The van der Waals surface area contributed by atoms with Gasteiger partial charge in [0, 0.05) is 45.1 Å². The lowest BCUT2D eigenvalue weighted by Gasteiger charge is -2.24. The van der Waals surface area contributed by atoms with Crippen LogP contribution in [-0.4, -0.2) is 36.1 Å². The smallest absolute Gasteiger partial charge is 0.0991 e. The Hall–Kier alpha value is -2.09. The molecule has 1 saturated heterocycles. The zero-order chi connectivity index (χ0) is 16.1. The van der Waals surface area contributed by atoms with Crippen molar-refractivity contribution >= 4 is 17.3 Å². The highest BCUT2D eigenvalue weighted by atomic mass is 35.5. The lowest BCUT2D eigenvalue weighted by atomic mass is 10.1. The van der Waals surface area contributed by atoms with Crippen LogP contribution in [0.3, 0.4) is 0 Å². The number of halogens is 1. The predicted octanol–water partition coefficient (Wildman–Crippen LogP) is 3.32. The predicted molar refractivity (Wildman–Crippen MR) is 92.5 cm³/mol. The van der Waals surface area contributed by atoms with Crippen molar-refractivity contribution < 1.29 is 0 Å². The van der Waals surface area contributed by atoms with Crippen LogP contribution >= 0.6 is 11.6 Å². The molecule has 0 unspecified atom stereocenters. The summed E-state index contributed by atoms with van der Waals surface area (Å²) in [5.74, 6) is 0. The second-order valence-corrected chi connectivity index (χ2v) is 6.16. The molecule has 0 radical (unpaired) electrons. The van der Waals surface area contributed by atoms with E-state index in [1.807, 2.05) is 30.3 Å². The summed E-state index contributed by atoms with van der Waals surface area (Å²) in [5, 5.41) is 9.58. The van der Waals surface area contributed by atoms with E-state index in [0.717, 1.165) is 44.8 Å². The highest BCUT2D eigenvalue weighted by Crippen LogP contribution is 2.25. The number of pyridine rings is 1. The Morgan fingerprint density at radius 3 is 2.65 bits per heavy atom. The molecule has 4 nitrogen and oxygen atoms in total. The van der Waals surface area contributed by atoms with Crippen LogP contribution in [0.4, 0.5) is 5.69 Å². The first kappa shape index (κ1) is 15.8. The third-order valence-corrected chi connectivity index (χ3v) is 4.46. The van der Waals surface area contributed by atoms with Crippen molar-refractivity contribution in [3.8, 4) is 6.07 Å². The quantitative estimate of drug-likeness (QED) is 0.868. The zero-order valence-corrected chi connectivity index (χ0v) is 13.7. The van der Waals surface area contributed by atoms with Gasteiger partial charge < -0.3 is 4.90 Å². The molecular formula is C18H19ClN4. The van der Waals surface area contributed by atoms with Gasteiger partial charge in [0.15, 0.2) is 0 Å². The maximum atomic E-state index is 8.87. The van der Waals surface area contributed by atoms with E-state index in [1.54, 1.807) is 12.4 Å². The monoisotopic (exact) mass is 326 g/mol. The van der Waals surface area contributed by atoms with Crippen LogP contribution < -0.4 is 4.90 Å². The van der Waals surface area contributed by atoms with Crippen molar-refractivity contribution in [3.63, 3.8) is 0 Å². The summed E-state index contributed by atoms with van der Waals surface area (Å²) in [5.41, 5.74) is 3.03.